The van der Waals surface area contributed by atoms with Gasteiger partial charge < -0.3 is 19.9 Å². The van der Waals surface area contributed by atoms with Gasteiger partial charge in [-0.15, -0.1) is 0 Å². The zero-order valence-corrected chi connectivity index (χ0v) is 19.6. The first-order valence-electron chi connectivity index (χ1n) is 10.2. The molecule has 2 aromatic rings. The summed E-state index contributed by atoms with van der Waals surface area (Å²) in [7, 11) is 0. The highest BCUT2D eigenvalue weighted by atomic mass is 32.2. The van der Waals surface area contributed by atoms with Gasteiger partial charge in [-0.05, 0) is 70.9 Å². The molecule has 3 rings (SSSR count). The Balaban J connectivity index is 1.72. The van der Waals surface area contributed by atoms with Crippen LogP contribution in [0.25, 0.3) is 4.91 Å². The molecular weight excluding hydrogens is 410 g/mol. The summed E-state index contributed by atoms with van der Waals surface area (Å²) in [4.78, 5) is 13.6. The number of benzene rings is 2. The van der Waals surface area contributed by atoms with Crippen LogP contribution in [0.5, 0.6) is 11.5 Å². The molecule has 0 saturated heterocycles. The number of nitrogens with one attached hydrogen (secondary N) is 1. The molecule has 0 aliphatic carbocycles. The predicted octanol–water partition coefficient (Wildman–Crippen LogP) is 5.88. The summed E-state index contributed by atoms with van der Waals surface area (Å²) in [5, 5.41) is 12.6. The molecule has 164 valence electrons. The molecule has 2 N–H and O–H groups in total. The molecular formula is C25H29NO4S. The number of hydrogen-bond acceptors (Lipinski definition) is 5. The first-order valence-corrected chi connectivity index (χ1v) is 11.0. The summed E-state index contributed by atoms with van der Waals surface area (Å²) in [6, 6.07) is 13.9. The summed E-state index contributed by atoms with van der Waals surface area (Å²) in [5.74, 6) is 0.224. The van der Waals surface area contributed by atoms with Crippen molar-refractivity contribution >= 4 is 22.6 Å². The standard InChI is InChI=1S/C25H29NO4S/c1-15-7-9-19(10-8-15)22-14-26-17(3)23(31-22)18(4)29-20-11-12-21(16(2)13-20)30-25(5,6)24(27)28/h7-14,18,26H,1-6H3,(H,27,28). The quantitative estimate of drug-likeness (QED) is 0.562. The molecule has 0 saturated carbocycles. The minimum atomic E-state index is -1.30. The molecule has 0 bridgehead atoms. The zero-order valence-electron chi connectivity index (χ0n) is 18.8. The van der Waals surface area contributed by atoms with Gasteiger partial charge in [-0.1, -0.05) is 41.6 Å². The number of carboxylic acids is 1. The van der Waals surface area contributed by atoms with Crippen LogP contribution < -0.4 is 14.8 Å². The van der Waals surface area contributed by atoms with Crippen molar-refractivity contribution in [2.45, 2.75) is 53.2 Å². The van der Waals surface area contributed by atoms with Gasteiger partial charge in [-0.25, -0.2) is 4.79 Å². The van der Waals surface area contributed by atoms with Crippen molar-refractivity contribution in [2.24, 2.45) is 0 Å². The highest BCUT2D eigenvalue weighted by Gasteiger charge is 2.30. The van der Waals surface area contributed by atoms with E-state index in [-0.39, 0.29) is 6.10 Å². The summed E-state index contributed by atoms with van der Waals surface area (Å²) < 4.78 is 11.9. The van der Waals surface area contributed by atoms with Gasteiger partial charge in [0.15, 0.2) is 5.60 Å². The Labute approximate surface area is 188 Å². The van der Waals surface area contributed by atoms with Crippen molar-refractivity contribution in [1.29, 1.82) is 0 Å². The number of aliphatic carboxylic acids is 1. The molecule has 0 radical (unpaired) electrons. The second-order valence-electron chi connectivity index (χ2n) is 8.22. The van der Waals surface area contributed by atoms with Gasteiger partial charge in [-0.2, -0.15) is 0 Å². The highest BCUT2D eigenvalue weighted by Crippen LogP contribution is 2.40. The summed E-state index contributed by atoms with van der Waals surface area (Å²) in [6.07, 6.45) is 1.87. The van der Waals surface area contributed by atoms with E-state index < -0.39 is 11.6 Å². The summed E-state index contributed by atoms with van der Waals surface area (Å²) >= 11 is 1.71. The third-order valence-corrected chi connectivity index (χ3v) is 6.49. The van der Waals surface area contributed by atoms with Gasteiger partial charge in [-0.3, -0.25) is 0 Å². The van der Waals surface area contributed by atoms with E-state index in [0.29, 0.717) is 11.5 Å². The number of hydrogen-bond donors (Lipinski definition) is 2. The van der Waals surface area contributed by atoms with Crippen molar-refractivity contribution < 1.29 is 19.4 Å². The van der Waals surface area contributed by atoms with Gasteiger partial charge in [0.2, 0.25) is 0 Å². The molecule has 1 aliphatic heterocycles. The molecule has 1 unspecified atom stereocenters. The summed E-state index contributed by atoms with van der Waals surface area (Å²) in [5.41, 5.74) is 2.98. The third kappa shape index (κ3) is 5.44. The number of rotatable bonds is 7. The van der Waals surface area contributed by atoms with E-state index in [1.807, 2.05) is 39.1 Å². The number of aryl methyl sites for hydroxylation is 2. The summed E-state index contributed by atoms with van der Waals surface area (Å²) in [6.45, 7) is 11.1. The maximum atomic E-state index is 11.3. The average molecular weight is 440 g/mol. The van der Waals surface area contributed by atoms with Gasteiger partial charge >= 0.3 is 5.97 Å². The van der Waals surface area contributed by atoms with Crippen molar-refractivity contribution in [3.05, 3.63) is 76.0 Å². The highest BCUT2D eigenvalue weighted by molar-refractivity contribution is 8.11. The average Bonchev–Trinajstić information content (AvgIpc) is 2.71. The van der Waals surface area contributed by atoms with Crippen LogP contribution in [0.4, 0.5) is 0 Å². The fourth-order valence-corrected chi connectivity index (χ4v) is 4.14. The third-order valence-electron chi connectivity index (χ3n) is 5.05. The lowest BCUT2D eigenvalue weighted by atomic mass is 10.1. The van der Waals surface area contributed by atoms with Crippen LogP contribution in [-0.2, 0) is 4.79 Å². The fraction of sp³-hybridized carbons (Fsp3) is 0.320. The predicted molar refractivity (Wildman–Crippen MR) is 126 cm³/mol. The van der Waals surface area contributed by atoms with Crippen molar-refractivity contribution in [3.63, 3.8) is 0 Å². The normalized spacial score (nSPS) is 15.1. The van der Waals surface area contributed by atoms with Crippen molar-refractivity contribution in [2.75, 3.05) is 0 Å². The van der Waals surface area contributed by atoms with E-state index in [0.717, 1.165) is 21.1 Å². The van der Waals surface area contributed by atoms with Crippen molar-refractivity contribution in [3.8, 4) is 11.5 Å². The largest absolute Gasteiger partial charge is 0.485 e. The van der Waals surface area contributed by atoms with E-state index in [1.165, 1.54) is 25.0 Å². The Kier molecular flexibility index (Phi) is 6.70. The zero-order chi connectivity index (χ0) is 22.8. The maximum absolute atomic E-state index is 11.3. The molecule has 31 heavy (non-hydrogen) atoms. The Morgan fingerprint density at radius 3 is 2.39 bits per heavy atom. The van der Waals surface area contributed by atoms with Crippen LogP contribution >= 0.6 is 11.8 Å². The topological polar surface area (TPSA) is 67.8 Å². The van der Waals surface area contributed by atoms with Crippen molar-refractivity contribution in [1.82, 2.24) is 5.32 Å². The molecule has 0 aromatic heterocycles. The van der Waals surface area contributed by atoms with E-state index in [2.05, 4.69) is 36.5 Å². The molecule has 6 heteroatoms. The number of ether oxygens (including phenoxy) is 2. The van der Waals surface area contributed by atoms with Gasteiger partial charge in [0, 0.05) is 21.7 Å². The van der Waals surface area contributed by atoms with Gasteiger partial charge in [0.25, 0.3) is 0 Å². The van der Waals surface area contributed by atoms with Gasteiger partial charge in [0.1, 0.15) is 17.6 Å². The van der Waals surface area contributed by atoms with Crippen LogP contribution in [0.15, 0.2) is 59.3 Å². The monoisotopic (exact) mass is 439 g/mol. The molecule has 1 aliphatic rings. The SMILES string of the molecule is CC1=C(C(C)Oc2ccc(OC(C)(C)C(=O)O)c(C)c2)SC(c2ccc(C)cc2)=CN1. The first-order chi connectivity index (χ1) is 14.6. The second-order valence-corrected chi connectivity index (χ2v) is 9.30. The lowest BCUT2D eigenvalue weighted by molar-refractivity contribution is -0.152. The Morgan fingerprint density at radius 1 is 1.10 bits per heavy atom. The lowest BCUT2D eigenvalue weighted by Crippen LogP contribution is -2.38. The molecule has 0 fully saturated rings. The first kappa shape index (κ1) is 22.8. The smallest absolute Gasteiger partial charge is 0.347 e. The second kappa shape index (κ2) is 9.10. The van der Waals surface area contributed by atoms with Gasteiger partial charge in [0.05, 0.1) is 0 Å². The molecule has 0 spiro atoms. The molecule has 2 aromatic carbocycles. The Morgan fingerprint density at radius 2 is 1.77 bits per heavy atom. The molecule has 1 atom stereocenters. The van der Waals surface area contributed by atoms with Crippen LogP contribution in [0.1, 0.15) is 44.4 Å². The van der Waals surface area contributed by atoms with E-state index in [9.17, 15) is 9.90 Å². The Hall–Kier alpha value is -2.86. The Bertz CT molecular complexity index is 1040. The fourth-order valence-electron chi connectivity index (χ4n) is 3.10. The van der Waals surface area contributed by atoms with E-state index in [1.54, 1.807) is 17.8 Å². The lowest BCUT2D eigenvalue weighted by Gasteiger charge is -2.26. The maximum Gasteiger partial charge on any atom is 0.347 e. The number of thioether (sulfide) groups is 1. The van der Waals surface area contributed by atoms with Crippen LogP contribution in [-0.4, -0.2) is 22.8 Å². The molecule has 5 nitrogen and oxygen atoms in total. The van der Waals surface area contributed by atoms with Crippen LogP contribution in [0, 0.1) is 13.8 Å². The minimum Gasteiger partial charge on any atom is -0.485 e. The molecule has 0 amide bonds. The van der Waals surface area contributed by atoms with Crippen LogP contribution in [0.3, 0.4) is 0 Å². The number of carboxylic acid groups (broad SMARTS) is 1. The van der Waals surface area contributed by atoms with Crippen LogP contribution in [0.2, 0.25) is 0 Å². The van der Waals surface area contributed by atoms with E-state index in [4.69, 9.17) is 9.47 Å². The number of allylic oxidation sites excluding steroid dienone is 1. The molecule has 1 heterocycles. The number of carbonyl (C=O) groups is 1. The van der Waals surface area contributed by atoms with E-state index >= 15 is 0 Å². The minimum absolute atomic E-state index is 0.159.